The number of aromatic nitrogens is 1. The Morgan fingerprint density at radius 1 is 1.38 bits per heavy atom. The van der Waals surface area contributed by atoms with E-state index in [1.54, 1.807) is 6.92 Å². The summed E-state index contributed by atoms with van der Waals surface area (Å²) in [6.07, 6.45) is 2.08. The molecule has 128 valence electrons. The summed E-state index contributed by atoms with van der Waals surface area (Å²) in [4.78, 5) is 14.7. The van der Waals surface area contributed by atoms with Crippen LogP contribution in [0, 0.1) is 26.7 Å². The zero-order chi connectivity index (χ0) is 17.1. The Balaban J connectivity index is 1.61. The number of hydrogen-bond acceptors (Lipinski definition) is 4. The van der Waals surface area contributed by atoms with Gasteiger partial charge in [-0.3, -0.25) is 4.79 Å². The molecule has 1 fully saturated rings. The van der Waals surface area contributed by atoms with E-state index in [0.717, 1.165) is 25.1 Å². The average molecular weight is 328 g/mol. The summed E-state index contributed by atoms with van der Waals surface area (Å²) >= 11 is 0. The van der Waals surface area contributed by atoms with E-state index in [2.05, 4.69) is 18.1 Å². The number of ether oxygens (including phenoxy) is 1. The lowest BCUT2D eigenvalue weighted by atomic mass is 9.98. The maximum Gasteiger partial charge on any atom is 0.259 e. The van der Waals surface area contributed by atoms with E-state index in [-0.39, 0.29) is 5.91 Å². The third kappa shape index (κ3) is 3.61. The van der Waals surface area contributed by atoms with Crippen LogP contribution >= 0.6 is 0 Å². The standard InChI is InChI=1S/C19H24N2O3/c1-13-6-4-8-17(10-13)23-12-16-7-5-9-21(11-16)19(22)18-14(2)20-24-15(18)3/h4,6,8,10,16H,5,7,9,11-12H2,1-3H3/t16-/m1/s1. The number of carbonyl (C=O) groups excluding carboxylic acids is 1. The first-order valence-corrected chi connectivity index (χ1v) is 8.46. The van der Waals surface area contributed by atoms with Crippen molar-refractivity contribution in [2.75, 3.05) is 19.7 Å². The highest BCUT2D eigenvalue weighted by atomic mass is 16.5. The van der Waals surface area contributed by atoms with Gasteiger partial charge in [-0.05, 0) is 51.3 Å². The number of amides is 1. The molecule has 0 saturated carbocycles. The molecule has 1 atom stereocenters. The zero-order valence-electron chi connectivity index (χ0n) is 14.5. The van der Waals surface area contributed by atoms with Crippen LogP contribution in [0.1, 0.15) is 40.2 Å². The van der Waals surface area contributed by atoms with Crippen molar-refractivity contribution in [1.82, 2.24) is 10.1 Å². The van der Waals surface area contributed by atoms with Gasteiger partial charge in [0.2, 0.25) is 0 Å². The molecule has 0 unspecified atom stereocenters. The van der Waals surface area contributed by atoms with Crippen molar-refractivity contribution in [3.8, 4) is 5.75 Å². The Labute approximate surface area is 142 Å². The number of benzene rings is 1. The summed E-state index contributed by atoms with van der Waals surface area (Å²) in [7, 11) is 0. The molecule has 1 aliphatic rings. The molecular weight excluding hydrogens is 304 g/mol. The second-order valence-corrected chi connectivity index (χ2v) is 6.59. The van der Waals surface area contributed by atoms with Gasteiger partial charge in [0.25, 0.3) is 5.91 Å². The SMILES string of the molecule is Cc1cccc(OC[C@@H]2CCCN(C(=O)c3c(C)noc3C)C2)c1. The third-order valence-corrected chi connectivity index (χ3v) is 4.53. The molecule has 1 aromatic heterocycles. The number of piperidine rings is 1. The molecule has 0 bridgehead atoms. The van der Waals surface area contributed by atoms with Crippen LogP contribution in [0.2, 0.25) is 0 Å². The van der Waals surface area contributed by atoms with Crippen molar-refractivity contribution in [2.24, 2.45) is 5.92 Å². The minimum Gasteiger partial charge on any atom is -0.493 e. The summed E-state index contributed by atoms with van der Waals surface area (Å²) in [6, 6.07) is 8.06. The molecule has 2 heterocycles. The van der Waals surface area contributed by atoms with Crippen molar-refractivity contribution >= 4 is 5.91 Å². The summed E-state index contributed by atoms with van der Waals surface area (Å²) in [6.45, 7) is 7.78. The predicted octanol–water partition coefficient (Wildman–Crippen LogP) is 3.53. The molecule has 5 nitrogen and oxygen atoms in total. The van der Waals surface area contributed by atoms with Gasteiger partial charge in [0, 0.05) is 19.0 Å². The Morgan fingerprint density at radius 2 is 2.21 bits per heavy atom. The van der Waals surface area contributed by atoms with Crippen LogP contribution in [-0.4, -0.2) is 35.7 Å². The second-order valence-electron chi connectivity index (χ2n) is 6.59. The largest absolute Gasteiger partial charge is 0.493 e. The van der Waals surface area contributed by atoms with Crippen LogP contribution in [0.25, 0.3) is 0 Å². The summed E-state index contributed by atoms with van der Waals surface area (Å²) in [5.74, 6) is 1.86. The fraction of sp³-hybridized carbons (Fsp3) is 0.474. The molecule has 5 heteroatoms. The molecule has 0 aliphatic carbocycles. The van der Waals surface area contributed by atoms with Crippen molar-refractivity contribution in [3.05, 3.63) is 46.8 Å². The lowest BCUT2D eigenvalue weighted by Gasteiger charge is -2.32. The van der Waals surface area contributed by atoms with Gasteiger partial charge >= 0.3 is 0 Å². The van der Waals surface area contributed by atoms with Gasteiger partial charge in [0.15, 0.2) is 0 Å². The first kappa shape index (κ1) is 16.6. The smallest absolute Gasteiger partial charge is 0.259 e. The van der Waals surface area contributed by atoms with E-state index in [1.807, 2.05) is 30.0 Å². The van der Waals surface area contributed by atoms with E-state index >= 15 is 0 Å². The van der Waals surface area contributed by atoms with Crippen LogP contribution in [0.4, 0.5) is 0 Å². The Kier molecular flexibility index (Phi) is 4.88. The maximum atomic E-state index is 12.8. The fourth-order valence-corrected chi connectivity index (χ4v) is 3.25. The fourth-order valence-electron chi connectivity index (χ4n) is 3.25. The van der Waals surface area contributed by atoms with E-state index in [0.29, 0.717) is 36.1 Å². The molecule has 2 aromatic rings. The normalized spacial score (nSPS) is 17.8. The molecule has 1 amide bonds. The van der Waals surface area contributed by atoms with Crippen LogP contribution in [0.3, 0.4) is 0 Å². The van der Waals surface area contributed by atoms with Gasteiger partial charge in [0.05, 0.1) is 12.3 Å². The minimum absolute atomic E-state index is 0.0199. The van der Waals surface area contributed by atoms with Gasteiger partial charge in [-0.25, -0.2) is 0 Å². The number of aryl methyl sites for hydroxylation is 3. The summed E-state index contributed by atoms with van der Waals surface area (Å²) < 4.78 is 11.1. The maximum absolute atomic E-state index is 12.8. The summed E-state index contributed by atoms with van der Waals surface area (Å²) in [5.41, 5.74) is 2.46. The van der Waals surface area contributed by atoms with Gasteiger partial charge in [0.1, 0.15) is 17.1 Å². The lowest BCUT2D eigenvalue weighted by molar-refractivity contribution is 0.0631. The first-order valence-electron chi connectivity index (χ1n) is 8.46. The molecule has 1 aromatic carbocycles. The molecular formula is C19H24N2O3. The second kappa shape index (κ2) is 7.07. The van der Waals surface area contributed by atoms with Gasteiger partial charge in [-0.1, -0.05) is 17.3 Å². The van der Waals surface area contributed by atoms with Crippen molar-refractivity contribution in [2.45, 2.75) is 33.6 Å². The van der Waals surface area contributed by atoms with Crippen LogP contribution in [0.15, 0.2) is 28.8 Å². The summed E-state index contributed by atoms with van der Waals surface area (Å²) in [5, 5.41) is 3.89. The topological polar surface area (TPSA) is 55.6 Å². The number of carbonyl (C=O) groups is 1. The lowest BCUT2D eigenvalue weighted by Crippen LogP contribution is -2.41. The number of hydrogen-bond donors (Lipinski definition) is 0. The van der Waals surface area contributed by atoms with Gasteiger partial charge in [-0.2, -0.15) is 0 Å². The first-order chi connectivity index (χ1) is 11.5. The van der Waals surface area contributed by atoms with Crippen molar-refractivity contribution in [3.63, 3.8) is 0 Å². The van der Waals surface area contributed by atoms with Crippen molar-refractivity contribution in [1.29, 1.82) is 0 Å². The predicted molar refractivity (Wildman–Crippen MR) is 91.3 cm³/mol. The van der Waals surface area contributed by atoms with Crippen molar-refractivity contribution < 1.29 is 14.1 Å². The Morgan fingerprint density at radius 3 is 2.92 bits per heavy atom. The molecule has 0 spiro atoms. The zero-order valence-corrected chi connectivity index (χ0v) is 14.5. The highest BCUT2D eigenvalue weighted by molar-refractivity contribution is 5.96. The highest BCUT2D eigenvalue weighted by Crippen LogP contribution is 2.23. The van der Waals surface area contributed by atoms with Gasteiger partial charge < -0.3 is 14.2 Å². The third-order valence-electron chi connectivity index (χ3n) is 4.53. The number of nitrogens with zero attached hydrogens (tertiary/aromatic N) is 2. The quantitative estimate of drug-likeness (QED) is 0.861. The van der Waals surface area contributed by atoms with E-state index in [9.17, 15) is 4.79 Å². The van der Waals surface area contributed by atoms with E-state index in [1.165, 1.54) is 5.56 Å². The Hall–Kier alpha value is -2.30. The molecule has 0 radical (unpaired) electrons. The molecule has 0 N–H and O–H groups in total. The minimum atomic E-state index is 0.0199. The van der Waals surface area contributed by atoms with Crippen LogP contribution in [-0.2, 0) is 0 Å². The molecule has 3 rings (SSSR count). The highest BCUT2D eigenvalue weighted by Gasteiger charge is 2.28. The number of likely N-dealkylation sites (tertiary alicyclic amines) is 1. The van der Waals surface area contributed by atoms with Crippen LogP contribution in [0.5, 0.6) is 5.75 Å². The molecule has 1 saturated heterocycles. The van der Waals surface area contributed by atoms with E-state index in [4.69, 9.17) is 9.26 Å². The monoisotopic (exact) mass is 328 g/mol. The molecule has 1 aliphatic heterocycles. The van der Waals surface area contributed by atoms with Crippen LogP contribution < -0.4 is 4.74 Å². The number of rotatable bonds is 4. The van der Waals surface area contributed by atoms with Gasteiger partial charge in [-0.15, -0.1) is 0 Å². The average Bonchev–Trinajstić information content (AvgIpc) is 2.91. The Bertz CT molecular complexity index is 704. The van der Waals surface area contributed by atoms with E-state index < -0.39 is 0 Å². The molecule has 24 heavy (non-hydrogen) atoms.